The van der Waals surface area contributed by atoms with Gasteiger partial charge in [-0.15, -0.1) is 11.3 Å². The smallest absolute Gasteiger partial charge is 0.263 e. The average molecular weight is 461 g/mol. The maximum atomic E-state index is 13.5. The van der Waals surface area contributed by atoms with Gasteiger partial charge in [-0.2, -0.15) is 5.26 Å². The summed E-state index contributed by atoms with van der Waals surface area (Å²) in [7, 11) is 0. The van der Waals surface area contributed by atoms with Crippen LogP contribution in [0.1, 0.15) is 50.0 Å². The fourth-order valence-electron chi connectivity index (χ4n) is 4.26. The minimum Gasteiger partial charge on any atom is -0.376 e. The van der Waals surface area contributed by atoms with Crippen molar-refractivity contribution in [2.45, 2.75) is 76.2 Å². The van der Waals surface area contributed by atoms with Crippen LogP contribution in [0.3, 0.4) is 0 Å². The molecule has 31 heavy (non-hydrogen) atoms. The Bertz CT molecular complexity index is 1090. The van der Waals surface area contributed by atoms with Crippen molar-refractivity contribution in [3.63, 3.8) is 0 Å². The molecule has 1 aliphatic heterocycles. The van der Waals surface area contributed by atoms with Crippen LogP contribution >= 0.6 is 23.1 Å². The van der Waals surface area contributed by atoms with Crippen LogP contribution in [-0.4, -0.2) is 39.5 Å². The Morgan fingerprint density at radius 3 is 2.84 bits per heavy atom. The lowest BCUT2D eigenvalue weighted by Gasteiger charge is -2.23. The molecule has 2 aromatic rings. The van der Waals surface area contributed by atoms with Crippen molar-refractivity contribution in [1.29, 1.82) is 5.26 Å². The number of thiophene rings is 1. The lowest BCUT2D eigenvalue weighted by atomic mass is 9.98. The fraction of sp³-hybridized carbons (Fsp3) is 0.636. The number of nitrogens with zero attached hydrogens (tertiary/aromatic N) is 3. The van der Waals surface area contributed by atoms with Gasteiger partial charge >= 0.3 is 0 Å². The molecule has 2 fully saturated rings. The summed E-state index contributed by atoms with van der Waals surface area (Å²) in [5, 5.41) is 13.6. The lowest BCUT2D eigenvalue weighted by Crippen LogP contribution is -2.47. The Balaban J connectivity index is 1.61. The van der Waals surface area contributed by atoms with E-state index >= 15 is 0 Å². The molecule has 2 aliphatic rings. The van der Waals surface area contributed by atoms with Crippen LogP contribution in [0.2, 0.25) is 0 Å². The Kier molecular flexibility index (Phi) is 6.42. The van der Waals surface area contributed by atoms with Crippen LogP contribution in [0.5, 0.6) is 0 Å². The summed E-state index contributed by atoms with van der Waals surface area (Å²) in [4.78, 5) is 32.7. The van der Waals surface area contributed by atoms with E-state index in [9.17, 15) is 14.9 Å². The Morgan fingerprint density at radius 1 is 1.45 bits per heavy atom. The van der Waals surface area contributed by atoms with E-state index in [4.69, 9.17) is 9.72 Å². The summed E-state index contributed by atoms with van der Waals surface area (Å²) in [6, 6.07) is 2.25. The van der Waals surface area contributed by atoms with Crippen molar-refractivity contribution in [2.75, 3.05) is 12.4 Å². The number of nitriles is 1. The zero-order valence-electron chi connectivity index (χ0n) is 18.2. The van der Waals surface area contributed by atoms with Crippen LogP contribution < -0.4 is 10.9 Å². The van der Waals surface area contributed by atoms with Gasteiger partial charge in [0.2, 0.25) is 5.91 Å². The number of aromatic nitrogens is 2. The number of rotatable bonds is 8. The number of carbonyl (C=O) groups excluding carboxylic acids is 1. The predicted octanol–water partition coefficient (Wildman–Crippen LogP) is 3.41. The van der Waals surface area contributed by atoms with Crippen molar-refractivity contribution < 1.29 is 9.53 Å². The zero-order chi connectivity index (χ0) is 22.2. The molecule has 1 saturated carbocycles. The molecule has 1 saturated heterocycles. The number of fused-ring (bicyclic) bond motifs is 1. The van der Waals surface area contributed by atoms with Gasteiger partial charge in [0.15, 0.2) is 5.16 Å². The Morgan fingerprint density at radius 2 is 2.23 bits per heavy atom. The van der Waals surface area contributed by atoms with E-state index in [0.717, 1.165) is 47.4 Å². The quantitative estimate of drug-likeness (QED) is 0.479. The molecule has 2 atom stereocenters. The van der Waals surface area contributed by atoms with Gasteiger partial charge in [-0.1, -0.05) is 18.7 Å². The Hall–Kier alpha value is -1.89. The molecule has 9 heteroatoms. The number of carbonyl (C=O) groups is 1. The van der Waals surface area contributed by atoms with Crippen molar-refractivity contribution in [3.05, 3.63) is 20.8 Å². The highest BCUT2D eigenvalue weighted by molar-refractivity contribution is 7.99. The van der Waals surface area contributed by atoms with E-state index in [2.05, 4.69) is 18.3 Å². The first-order valence-corrected chi connectivity index (χ1v) is 12.7. The summed E-state index contributed by atoms with van der Waals surface area (Å²) in [5.74, 6) is 0.120. The van der Waals surface area contributed by atoms with Gasteiger partial charge in [0.25, 0.3) is 5.56 Å². The number of hydrogen-bond acceptors (Lipinski definition) is 7. The first-order valence-electron chi connectivity index (χ1n) is 10.9. The van der Waals surface area contributed by atoms with E-state index in [1.165, 1.54) is 23.1 Å². The molecule has 0 bridgehead atoms. The third-order valence-corrected chi connectivity index (χ3v) is 8.22. The highest BCUT2D eigenvalue weighted by atomic mass is 32.2. The molecule has 166 valence electrons. The molecule has 0 aromatic carbocycles. The predicted molar refractivity (Wildman–Crippen MR) is 123 cm³/mol. The van der Waals surface area contributed by atoms with Crippen LogP contribution in [0.25, 0.3) is 10.2 Å². The van der Waals surface area contributed by atoms with Crippen LogP contribution in [-0.2, 0) is 22.5 Å². The van der Waals surface area contributed by atoms with Gasteiger partial charge in [-0.05, 0) is 57.4 Å². The van der Waals surface area contributed by atoms with Gasteiger partial charge in [0, 0.05) is 11.5 Å². The normalized spacial score (nSPS) is 20.5. The standard InChI is InChI=1S/C22H28N4O3S2/c1-4-16-13(2)31-19-18(16)20(28)26(10-15-6-5-9-29-15)21(24-19)30-11-17(27)25-22(3,12-23)14-7-8-14/h14-15H,4-11H2,1-3H3,(H,25,27)/t15-,22+/m1/s1. The van der Waals surface area contributed by atoms with Gasteiger partial charge in [0.05, 0.1) is 29.9 Å². The molecular formula is C22H28N4O3S2. The summed E-state index contributed by atoms with van der Waals surface area (Å²) in [6.07, 6.45) is 4.62. The molecule has 0 spiro atoms. The number of hydrogen-bond donors (Lipinski definition) is 1. The van der Waals surface area contributed by atoms with E-state index < -0.39 is 5.54 Å². The topological polar surface area (TPSA) is 97.0 Å². The van der Waals surface area contributed by atoms with E-state index in [-0.39, 0.29) is 29.2 Å². The maximum Gasteiger partial charge on any atom is 0.263 e. The average Bonchev–Trinajstić information content (AvgIpc) is 3.39. The van der Waals surface area contributed by atoms with E-state index in [0.29, 0.717) is 23.7 Å². The fourth-order valence-corrected chi connectivity index (χ4v) is 6.22. The molecule has 1 amide bonds. The van der Waals surface area contributed by atoms with Crippen molar-refractivity contribution in [3.8, 4) is 6.07 Å². The minimum absolute atomic E-state index is 0.00770. The largest absolute Gasteiger partial charge is 0.376 e. The zero-order valence-corrected chi connectivity index (χ0v) is 19.8. The van der Waals surface area contributed by atoms with Crippen LogP contribution in [0.15, 0.2) is 9.95 Å². The second kappa shape index (κ2) is 8.93. The molecule has 0 unspecified atom stereocenters. The van der Waals surface area contributed by atoms with Gasteiger partial charge in [-0.3, -0.25) is 14.2 Å². The van der Waals surface area contributed by atoms with Crippen LogP contribution in [0.4, 0.5) is 0 Å². The molecule has 1 N–H and O–H groups in total. The molecule has 4 rings (SSSR count). The van der Waals surface area contributed by atoms with E-state index in [1.54, 1.807) is 11.5 Å². The van der Waals surface area contributed by atoms with Crippen molar-refractivity contribution >= 4 is 39.2 Å². The van der Waals surface area contributed by atoms with Crippen molar-refractivity contribution in [2.24, 2.45) is 5.92 Å². The third-order valence-electron chi connectivity index (χ3n) is 6.20. The molecule has 7 nitrogen and oxygen atoms in total. The lowest BCUT2D eigenvalue weighted by molar-refractivity contribution is -0.119. The highest BCUT2D eigenvalue weighted by Crippen LogP contribution is 2.39. The number of thioether (sulfide) groups is 1. The molecule has 0 radical (unpaired) electrons. The summed E-state index contributed by atoms with van der Waals surface area (Å²) < 4.78 is 7.46. The molecular weight excluding hydrogens is 432 g/mol. The molecule has 2 aromatic heterocycles. The SMILES string of the molecule is CCc1c(C)sc2nc(SCC(=O)N[C@@](C)(C#N)C3CC3)n(C[C@H]3CCCO3)c(=O)c12. The Labute approximate surface area is 190 Å². The minimum atomic E-state index is -0.826. The summed E-state index contributed by atoms with van der Waals surface area (Å²) >= 11 is 2.79. The van der Waals surface area contributed by atoms with E-state index in [1.807, 2.05) is 6.92 Å². The number of ether oxygens (including phenoxy) is 1. The summed E-state index contributed by atoms with van der Waals surface area (Å²) in [5.41, 5.74) is 0.180. The highest BCUT2D eigenvalue weighted by Gasteiger charge is 2.43. The number of amides is 1. The second-order valence-corrected chi connectivity index (χ2v) is 10.7. The molecule has 1 aliphatic carbocycles. The van der Waals surface area contributed by atoms with Crippen LogP contribution in [0, 0.1) is 24.2 Å². The van der Waals surface area contributed by atoms with Gasteiger partial charge < -0.3 is 10.1 Å². The third kappa shape index (κ3) is 4.52. The number of aryl methyl sites for hydroxylation is 2. The van der Waals surface area contributed by atoms with Gasteiger partial charge in [0.1, 0.15) is 10.4 Å². The molecule has 3 heterocycles. The number of nitrogens with one attached hydrogen (secondary N) is 1. The van der Waals surface area contributed by atoms with Crippen molar-refractivity contribution in [1.82, 2.24) is 14.9 Å². The maximum absolute atomic E-state index is 13.5. The first kappa shape index (κ1) is 22.3. The monoisotopic (exact) mass is 460 g/mol. The first-order chi connectivity index (χ1) is 14.9. The van der Waals surface area contributed by atoms with Gasteiger partial charge in [-0.25, -0.2) is 4.98 Å². The summed E-state index contributed by atoms with van der Waals surface area (Å²) in [6.45, 7) is 7.02. The second-order valence-electron chi connectivity index (χ2n) is 8.54.